The Morgan fingerprint density at radius 3 is 2.67 bits per heavy atom. The van der Waals surface area contributed by atoms with Crippen molar-refractivity contribution in [1.29, 1.82) is 0 Å². The monoisotopic (exact) mass is 301 g/mol. The number of methoxy groups -OCH3 is 1. The lowest BCUT2D eigenvalue weighted by Crippen LogP contribution is -2.53. The topological polar surface area (TPSA) is 56.1 Å². The van der Waals surface area contributed by atoms with Gasteiger partial charge in [0.05, 0.1) is 12.1 Å². The van der Waals surface area contributed by atoms with Crippen molar-refractivity contribution in [3.8, 4) is 0 Å². The van der Waals surface area contributed by atoms with Crippen LogP contribution in [0.15, 0.2) is 6.07 Å². The first-order chi connectivity index (χ1) is 9.97. The van der Waals surface area contributed by atoms with Crippen molar-refractivity contribution in [1.82, 2.24) is 15.1 Å². The van der Waals surface area contributed by atoms with Crippen LogP contribution >= 0.6 is 0 Å². The van der Waals surface area contributed by atoms with E-state index >= 15 is 0 Å². The van der Waals surface area contributed by atoms with E-state index in [9.17, 15) is 13.6 Å². The van der Waals surface area contributed by atoms with Crippen LogP contribution in [0.4, 0.5) is 8.78 Å². The number of alkyl halides is 2. The Kier molecular flexibility index (Phi) is 4.92. The Balaban J connectivity index is 2.13. The van der Waals surface area contributed by atoms with Gasteiger partial charge in [0.2, 0.25) is 0 Å². The number of aromatic nitrogens is 2. The van der Waals surface area contributed by atoms with Gasteiger partial charge < -0.3 is 10.1 Å². The van der Waals surface area contributed by atoms with Gasteiger partial charge in [0.15, 0.2) is 5.69 Å². The minimum Gasteiger partial charge on any atom is -0.382 e. The van der Waals surface area contributed by atoms with Crippen LogP contribution in [0.25, 0.3) is 0 Å². The highest BCUT2D eigenvalue weighted by Crippen LogP contribution is 2.29. The minimum atomic E-state index is -2.74. The summed E-state index contributed by atoms with van der Waals surface area (Å²) in [6, 6.07) is 1.38. The summed E-state index contributed by atoms with van der Waals surface area (Å²) in [5.41, 5.74) is -0.125. The molecule has 0 saturated heterocycles. The summed E-state index contributed by atoms with van der Waals surface area (Å²) in [6.45, 7) is -0.816. The predicted molar refractivity (Wildman–Crippen MR) is 73.4 cm³/mol. The third-order valence-electron chi connectivity index (χ3n) is 3.95. The molecule has 2 rings (SSSR count). The Morgan fingerprint density at radius 1 is 1.48 bits per heavy atom. The van der Waals surface area contributed by atoms with Gasteiger partial charge in [0.1, 0.15) is 0 Å². The van der Waals surface area contributed by atoms with Crippen molar-refractivity contribution in [2.75, 3.05) is 13.7 Å². The molecular weight excluding hydrogens is 280 g/mol. The molecule has 1 heterocycles. The number of carbonyl (C=O) groups excluding carboxylic acids is 1. The van der Waals surface area contributed by atoms with Gasteiger partial charge in [-0.05, 0) is 25.8 Å². The molecule has 1 aromatic heterocycles. The van der Waals surface area contributed by atoms with E-state index in [1.54, 1.807) is 7.11 Å². The van der Waals surface area contributed by atoms with Crippen LogP contribution in [0.1, 0.15) is 54.8 Å². The van der Waals surface area contributed by atoms with Crippen LogP contribution in [0, 0.1) is 6.92 Å². The van der Waals surface area contributed by atoms with Gasteiger partial charge in [-0.3, -0.25) is 4.79 Å². The number of carbonyl (C=O) groups is 1. The van der Waals surface area contributed by atoms with Crippen molar-refractivity contribution < 1.29 is 18.3 Å². The molecule has 7 heteroatoms. The van der Waals surface area contributed by atoms with Gasteiger partial charge in [-0.25, -0.2) is 4.68 Å². The summed E-state index contributed by atoms with van der Waals surface area (Å²) >= 11 is 0. The van der Waals surface area contributed by atoms with E-state index in [1.807, 2.05) is 0 Å². The second-order valence-electron chi connectivity index (χ2n) is 5.62. The fourth-order valence-electron chi connectivity index (χ4n) is 2.91. The zero-order chi connectivity index (χ0) is 15.5. The molecule has 118 valence electrons. The lowest BCUT2D eigenvalue weighted by molar-refractivity contribution is 0.0527. The molecular formula is C14H21F2N3O2. The van der Waals surface area contributed by atoms with Gasteiger partial charge in [-0.1, -0.05) is 19.3 Å². The molecule has 0 unspecified atom stereocenters. The summed E-state index contributed by atoms with van der Waals surface area (Å²) in [4.78, 5) is 12.3. The van der Waals surface area contributed by atoms with Crippen LogP contribution in [0.2, 0.25) is 0 Å². The molecule has 0 atom stereocenters. The van der Waals surface area contributed by atoms with E-state index in [0.717, 1.165) is 32.1 Å². The largest absolute Gasteiger partial charge is 0.382 e. The molecule has 1 aromatic rings. The zero-order valence-electron chi connectivity index (χ0n) is 12.4. The predicted octanol–water partition coefficient (Wildman–Crippen LogP) is 2.67. The highest BCUT2D eigenvalue weighted by molar-refractivity contribution is 5.92. The third kappa shape index (κ3) is 3.58. The first kappa shape index (κ1) is 15.9. The Morgan fingerprint density at radius 2 is 2.14 bits per heavy atom. The number of hydrogen-bond acceptors (Lipinski definition) is 3. The maximum Gasteiger partial charge on any atom is 0.333 e. The first-order valence-electron chi connectivity index (χ1n) is 7.13. The number of amides is 1. The molecule has 0 aliphatic heterocycles. The number of aryl methyl sites for hydroxylation is 1. The minimum absolute atomic E-state index is 0.0221. The molecule has 1 fully saturated rings. The van der Waals surface area contributed by atoms with Crippen LogP contribution in [-0.4, -0.2) is 34.9 Å². The van der Waals surface area contributed by atoms with Crippen molar-refractivity contribution >= 4 is 5.91 Å². The standard InChI is InChI=1S/C14H21F2N3O2/c1-10-8-11(18-19(10)13(15)16)12(20)17-14(9-21-2)6-4-3-5-7-14/h8,13H,3-7,9H2,1-2H3,(H,17,20). The van der Waals surface area contributed by atoms with Gasteiger partial charge >= 0.3 is 6.55 Å². The lowest BCUT2D eigenvalue weighted by Gasteiger charge is -2.37. The number of ether oxygens (including phenoxy) is 1. The quantitative estimate of drug-likeness (QED) is 0.909. The molecule has 0 aromatic carbocycles. The van der Waals surface area contributed by atoms with E-state index in [2.05, 4.69) is 10.4 Å². The summed E-state index contributed by atoms with van der Waals surface area (Å²) in [5.74, 6) is -0.420. The molecule has 1 N–H and O–H groups in total. The van der Waals surface area contributed by atoms with Crippen molar-refractivity contribution in [3.63, 3.8) is 0 Å². The molecule has 1 aliphatic carbocycles. The van der Waals surface area contributed by atoms with Crippen LogP contribution < -0.4 is 5.32 Å². The molecule has 0 radical (unpaired) electrons. The van der Waals surface area contributed by atoms with E-state index in [0.29, 0.717) is 11.3 Å². The van der Waals surface area contributed by atoms with Gasteiger partial charge in [0.25, 0.3) is 5.91 Å². The van der Waals surface area contributed by atoms with E-state index < -0.39 is 18.0 Å². The fourth-order valence-corrected chi connectivity index (χ4v) is 2.91. The van der Waals surface area contributed by atoms with E-state index in [4.69, 9.17) is 4.74 Å². The maximum atomic E-state index is 12.7. The first-order valence-corrected chi connectivity index (χ1v) is 7.13. The molecule has 1 aliphatic rings. The molecule has 1 saturated carbocycles. The van der Waals surface area contributed by atoms with Gasteiger partial charge in [0, 0.05) is 12.8 Å². The summed E-state index contributed by atoms with van der Waals surface area (Å²) in [7, 11) is 1.60. The second-order valence-corrected chi connectivity index (χ2v) is 5.62. The average Bonchev–Trinajstić information content (AvgIpc) is 2.82. The molecule has 0 spiro atoms. The van der Waals surface area contributed by atoms with Crippen LogP contribution in [-0.2, 0) is 4.74 Å². The normalized spacial score (nSPS) is 18.0. The maximum absolute atomic E-state index is 12.7. The van der Waals surface area contributed by atoms with Crippen LogP contribution in [0.3, 0.4) is 0 Å². The highest BCUT2D eigenvalue weighted by atomic mass is 19.3. The average molecular weight is 301 g/mol. The van der Waals surface area contributed by atoms with Gasteiger partial charge in [-0.15, -0.1) is 0 Å². The number of hydrogen-bond donors (Lipinski definition) is 1. The molecule has 1 amide bonds. The smallest absolute Gasteiger partial charge is 0.333 e. The summed E-state index contributed by atoms with van der Waals surface area (Å²) < 4.78 is 31.2. The van der Waals surface area contributed by atoms with Crippen LogP contribution in [0.5, 0.6) is 0 Å². The number of halogens is 2. The number of nitrogens with zero attached hydrogens (tertiary/aromatic N) is 2. The molecule has 5 nitrogen and oxygen atoms in total. The Labute approximate surface area is 122 Å². The van der Waals surface area contributed by atoms with Crippen molar-refractivity contribution in [2.24, 2.45) is 0 Å². The zero-order valence-corrected chi connectivity index (χ0v) is 12.4. The lowest BCUT2D eigenvalue weighted by atomic mass is 9.82. The molecule has 0 bridgehead atoms. The third-order valence-corrected chi connectivity index (χ3v) is 3.95. The summed E-state index contributed by atoms with van der Waals surface area (Å²) in [5, 5.41) is 6.62. The molecule has 21 heavy (non-hydrogen) atoms. The second kappa shape index (κ2) is 6.51. The fraction of sp³-hybridized carbons (Fsp3) is 0.714. The summed E-state index contributed by atoms with van der Waals surface area (Å²) in [6.07, 6.45) is 4.85. The van der Waals surface area contributed by atoms with Crippen molar-refractivity contribution in [3.05, 3.63) is 17.5 Å². The van der Waals surface area contributed by atoms with E-state index in [1.165, 1.54) is 13.0 Å². The van der Waals surface area contributed by atoms with E-state index in [-0.39, 0.29) is 11.4 Å². The number of nitrogens with one attached hydrogen (secondary N) is 1. The Bertz CT molecular complexity index is 491. The Hall–Kier alpha value is -1.50. The highest BCUT2D eigenvalue weighted by Gasteiger charge is 2.34. The number of rotatable bonds is 5. The SMILES string of the molecule is COCC1(NC(=O)c2cc(C)n(C(F)F)n2)CCCCC1. The van der Waals surface area contributed by atoms with Gasteiger partial charge in [-0.2, -0.15) is 13.9 Å². The van der Waals surface area contributed by atoms with Crippen molar-refractivity contribution in [2.45, 2.75) is 51.1 Å².